The van der Waals surface area contributed by atoms with Crippen molar-refractivity contribution in [1.29, 1.82) is 0 Å². The molecule has 0 saturated heterocycles. The highest BCUT2D eigenvalue weighted by Gasteiger charge is 2.43. The van der Waals surface area contributed by atoms with Gasteiger partial charge in [-0.25, -0.2) is 0 Å². The second kappa shape index (κ2) is 6.02. The lowest BCUT2D eigenvalue weighted by atomic mass is 9.64. The number of carbonyl (C=O) groups excluding carboxylic acids is 1. The first-order chi connectivity index (χ1) is 8.32. The molecule has 2 N–H and O–H groups in total. The predicted octanol–water partition coefficient (Wildman–Crippen LogP) is 1.72. The van der Waals surface area contributed by atoms with Crippen LogP contribution in [0.1, 0.15) is 46.5 Å². The molecule has 0 aliphatic heterocycles. The largest absolute Gasteiger partial charge is 0.394 e. The molecule has 1 fully saturated rings. The van der Waals surface area contributed by atoms with E-state index in [0.29, 0.717) is 18.9 Å². The quantitative estimate of drug-likeness (QED) is 0.788. The van der Waals surface area contributed by atoms with Gasteiger partial charge in [0.05, 0.1) is 18.8 Å². The van der Waals surface area contributed by atoms with Crippen LogP contribution in [-0.4, -0.2) is 36.9 Å². The van der Waals surface area contributed by atoms with E-state index in [4.69, 9.17) is 4.74 Å². The minimum Gasteiger partial charge on any atom is -0.394 e. The third kappa shape index (κ3) is 4.25. The van der Waals surface area contributed by atoms with Gasteiger partial charge in [0.2, 0.25) is 5.91 Å². The predicted molar refractivity (Wildman–Crippen MR) is 71.2 cm³/mol. The van der Waals surface area contributed by atoms with Crippen molar-refractivity contribution < 1.29 is 14.6 Å². The number of carbonyl (C=O) groups is 1. The summed E-state index contributed by atoms with van der Waals surface area (Å²) in [7, 11) is 1.58. The van der Waals surface area contributed by atoms with Gasteiger partial charge >= 0.3 is 0 Å². The molecule has 0 radical (unpaired) electrons. The maximum Gasteiger partial charge on any atom is 0.222 e. The van der Waals surface area contributed by atoms with Gasteiger partial charge in [0, 0.05) is 13.5 Å². The van der Waals surface area contributed by atoms with Crippen molar-refractivity contribution in [1.82, 2.24) is 5.32 Å². The van der Waals surface area contributed by atoms with Crippen LogP contribution in [0.15, 0.2) is 0 Å². The van der Waals surface area contributed by atoms with Gasteiger partial charge in [-0.1, -0.05) is 20.8 Å². The Balaban J connectivity index is 2.69. The minimum absolute atomic E-state index is 0.0134. The van der Waals surface area contributed by atoms with Gasteiger partial charge < -0.3 is 15.2 Å². The summed E-state index contributed by atoms with van der Waals surface area (Å²) in [4.78, 5) is 11.8. The number of hydrogen-bond donors (Lipinski definition) is 2. The SMILES string of the molecule is COCCC(=O)N[C@@]1(CO)C[C@H](C)CC(C)(C)C1. The molecule has 4 nitrogen and oxygen atoms in total. The standard InChI is InChI=1S/C14H27NO3/c1-11-7-13(2,3)9-14(8-11,10-16)15-12(17)5-6-18-4/h11,16H,5-10H2,1-4H3,(H,15,17)/t11-,14+/m1/s1. The number of nitrogens with one attached hydrogen (secondary N) is 1. The fourth-order valence-electron chi connectivity index (χ4n) is 3.55. The van der Waals surface area contributed by atoms with Crippen LogP contribution in [0.3, 0.4) is 0 Å². The Kier molecular flexibility index (Phi) is 5.17. The monoisotopic (exact) mass is 257 g/mol. The Hall–Kier alpha value is -0.610. The minimum atomic E-state index is -0.452. The van der Waals surface area contributed by atoms with Gasteiger partial charge in [-0.2, -0.15) is 0 Å². The van der Waals surface area contributed by atoms with Crippen molar-refractivity contribution in [3.8, 4) is 0 Å². The van der Waals surface area contributed by atoms with Crippen LogP contribution in [0.5, 0.6) is 0 Å². The van der Waals surface area contributed by atoms with E-state index in [9.17, 15) is 9.90 Å². The van der Waals surface area contributed by atoms with E-state index in [-0.39, 0.29) is 17.9 Å². The molecule has 0 aromatic carbocycles. The number of aliphatic hydroxyl groups excluding tert-OH is 1. The molecule has 18 heavy (non-hydrogen) atoms. The Morgan fingerprint density at radius 1 is 1.44 bits per heavy atom. The van der Waals surface area contributed by atoms with Gasteiger partial charge in [-0.3, -0.25) is 4.79 Å². The normalized spacial score (nSPS) is 31.1. The first-order valence-electron chi connectivity index (χ1n) is 6.73. The third-order valence-corrected chi connectivity index (χ3v) is 3.70. The average Bonchev–Trinajstić information content (AvgIpc) is 2.23. The van der Waals surface area contributed by atoms with Gasteiger partial charge in [-0.15, -0.1) is 0 Å². The van der Waals surface area contributed by atoms with E-state index in [0.717, 1.165) is 19.3 Å². The molecular formula is C14H27NO3. The molecular weight excluding hydrogens is 230 g/mol. The van der Waals surface area contributed by atoms with Crippen LogP contribution in [0.25, 0.3) is 0 Å². The van der Waals surface area contributed by atoms with E-state index in [1.807, 2.05) is 0 Å². The first-order valence-corrected chi connectivity index (χ1v) is 6.73. The molecule has 4 heteroatoms. The molecule has 0 aromatic rings. The maximum absolute atomic E-state index is 11.8. The molecule has 0 heterocycles. The van der Waals surface area contributed by atoms with Gasteiger partial charge in [-0.05, 0) is 30.6 Å². The van der Waals surface area contributed by atoms with Crippen molar-refractivity contribution in [2.45, 2.75) is 52.0 Å². The summed E-state index contributed by atoms with van der Waals surface area (Å²) in [5, 5.41) is 12.8. The van der Waals surface area contributed by atoms with Crippen molar-refractivity contribution in [2.24, 2.45) is 11.3 Å². The van der Waals surface area contributed by atoms with Crippen LogP contribution in [0.4, 0.5) is 0 Å². The maximum atomic E-state index is 11.8. The third-order valence-electron chi connectivity index (χ3n) is 3.70. The smallest absolute Gasteiger partial charge is 0.222 e. The summed E-state index contributed by atoms with van der Waals surface area (Å²) < 4.78 is 4.91. The van der Waals surface area contributed by atoms with Crippen LogP contribution in [0, 0.1) is 11.3 Å². The molecule has 1 aliphatic carbocycles. The fourth-order valence-corrected chi connectivity index (χ4v) is 3.55. The molecule has 0 unspecified atom stereocenters. The van der Waals surface area contributed by atoms with Gasteiger partial charge in [0.1, 0.15) is 0 Å². The van der Waals surface area contributed by atoms with E-state index in [1.54, 1.807) is 7.11 Å². The van der Waals surface area contributed by atoms with E-state index < -0.39 is 5.54 Å². The fraction of sp³-hybridized carbons (Fsp3) is 0.929. The number of ether oxygens (including phenoxy) is 1. The number of hydrogen-bond acceptors (Lipinski definition) is 3. The zero-order valence-corrected chi connectivity index (χ0v) is 12.1. The number of rotatable bonds is 5. The lowest BCUT2D eigenvalue weighted by molar-refractivity contribution is -0.126. The topological polar surface area (TPSA) is 58.6 Å². The Morgan fingerprint density at radius 2 is 2.11 bits per heavy atom. The highest BCUT2D eigenvalue weighted by Crippen LogP contribution is 2.43. The lowest BCUT2D eigenvalue weighted by Crippen LogP contribution is -2.57. The van der Waals surface area contributed by atoms with Crippen molar-refractivity contribution in [2.75, 3.05) is 20.3 Å². The van der Waals surface area contributed by atoms with Crippen molar-refractivity contribution >= 4 is 5.91 Å². The Labute approximate surface area is 110 Å². The molecule has 1 saturated carbocycles. The highest BCUT2D eigenvalue weighted by molar-refractivity contribution is 5.77. The number of amides is 1. The van der Waals surface area contributed by atoms with Crippen molar-refractivity contribution in [3.63, 3.8) is 0 Å². The molecule has 0 spiro atoms. The molecule has 1 rings (SSSR count). The number of aliphatic hydroxyl groups is 1. The Morgan fingerprint density at radius 3 is 2.61 bits per heavy atom. The highest BCUT2D eigenvalue weighted by atomic mass is 16.5. The molecule has 0 aromatic heterocycles. The summed E-state index contributed by atoms with van der Waals surface area (Å²) in [6.45, 7) is 7.03. The lowest BCUT2D eigenvalue weighted by Gasteiger charge is -2.47. The van der Waals surface area contributed by atoms with Crippen LogP contribution >= 0.6 is 0 Å². The van der Waals surface area contributed by atoms with Crippen molar-refractivity contribution in [3.05, 3.63) is 0 Å². The van der Waals surface area contributed by atoms with Crippen LogP contribution < -0.4 is 5.32 Å². The van der Waals surface area contributed by atoms with Gasteiger partial charge in [0.15, 0.2) is 0 Å². The summed E-state index contributed by atoms with van der Waals surface area (Å²) in [6.07, 6.45) is 3.18. The van der Waals surface area contributed by atoms with E-state index >= 15 is 0 Å². The second-order valence-electron chi connectivity index (χ2n) is 6.58. The summed E-state index contributed by atoms with van der Waals surface area (Å²) >= 11 is 0. The zero-order valence-electron chi connectivity index (χ0n) is 12.1. The molecule has 106 valence electrons. The van der Waals surface area contributed by atoms with E-state index in [1.165, 1.54) is 0 Å². The zero-order chi connectivity index (χ0) is 13.8. The van der Waals surface area contributed by atoms with Gasteiger partial charge in [0.25, 0.3) is 0 Å². The Bertz CT molecular complexity index is 291. The second-order valence-corrected chi connectivity index (χ2v) is 6.58. The average molecular weight is 257 g/mol. The number of methoxy groups -OCH3 is 1. The summed E-state index contributed by atoms with van der Waals surface area (Å²) in [5.41, 5.74) is -0.291. The first kappa shape index (κ1) is 15.4. The summed E-state index contributed by atoms with van der Waals surface area (Å²) in [6, 6.07) is 0. The van der Waals surface area contributed by atoms with Crippen LogP contribution in [0.2, 0.25) is 0 Å². The molecule has 2 atom stereocenters. The molecule has 1 aliphatic rings. The van der Waals surface area contributed by atoms with Crippen LogP contribution in [-0.2, 0) is 9.53 Å². The molecule has 1 amide bonds. The summed E-state index contributed by atoms with van der Waals surface area (Å²) in [5.74, 6) is 0.486. The molecule has 0 bridgehead atoms. The van der Waals surface area contributed by atoms with E-state index in [2.05, 4.69) is 26.1 Å².